The molecule has 3 rings (SSSR count). The van der Waals surface area contributed by atoms with Gasteiger partial charge in [0.25, 0.3) is 5.91 Å². The van der Waals surface area contributed by atoms with Crippen molar-refractivity contribution in [3.05, 3.63) is 29.3 Å². The number of amides is 2. The van der Waals surface area contributed by atoms with Gasteiger partial charge in [-0.3, -0.25) is 9.59 Å². The van der Waals surface area contributed by atoms with Crippen molar-refractivity contribution in [2.45, 2.75) is 57.4 Å². The van der Waals surface area contributed by atoms with Crippen molar-refractivity contribution in [3.8, 4) is 0 Å². The van der Waals surface area contributed by atoms with Crippen LogP contribution in [-0.4, -0.2) is 49.4 Å². The zero-order valence-electron chi connectivity index (χ0n) is 16.3. The van der Waals surface area contributed by atoms with Crippen molar-refractivity contribution in [2.75, 3.05) is 32.1 Å². The first-order valence-electron chi connectivity index (χ1n) is 9.80. The standard InChI is InChI=1S/C21H31N3O2/c1-16(25)24-13-10-17-14-18(8-9-19(17)24)20(26)22-15-21(23(2)3)11-6-4-5-7-12-21/h8-9,14H,4-7,10-13,15H2,1-3H3,(H,22,26). The monoisotopic (exact) mass is 357 g/mol. The molecule has 26 heavy (non-hydrogen) atoms. The van der Waals surface area contributed by atoms with Crippen molar-refractivity contribution < 1.29 is 9.59 Å². The van der Waals surface area contributed by atoms with Gasteiger partial charge in [-0.15, -0.1) is 0 Å². The summed E-state index contributed by atoms with van der Waals surface area (Å²) in [6.45, 7) is 2.98. The molecule has 5 heteroatoms. The van der Waals surface area contributed by atoms with Gasteiger partial charge >= 0.3 is 0 Å². The van der Waals surface area contributed by atoms with Gasteiger partial charge in [0.05, 0.1) is 0 Å². The van der Waals surface area contributed by atoms with Gasteiger partial charge in [-0.25, -0.2) is 0 Å². The van der Waals surface area contributed by atoms with Crippen LogP contribution in [0.5, 0.6) is 0 Å². The lowest BCUT2D eigenvalue weighted by atomic mass is 9.88. The fraction of sp³-hybridized carbons (Fsp3) is 0.619. The molecule has 1 saturated carbocycles. The van der Waals surface area contributed by atoms with E-state index in [2.05, 4.69) is 24.3 Å². The Labute approximate surface area is 156 Å². The van der Waals surface area contributed by atoms with Crippen LogP contribution in [-0.2, 0) is 11.2 Å². The Bertz CT molecular complexity index is 676. The van der Waals surface area contributed by atoms with Crippen molar-refractivity contribution in [2.24, 2.45) is 0 Å². The molecule has 5 nitrogen and oxygen atoms in total. The molecule has 1 heterocycles. The van der Waals surface area contributed by atoms with Gasteiger partial charge in [-0.05, 0) is 57.1 Å². The first-order chi connectivity index (χ1) is 12.4. The molecule has 0 spiro atoms. The van der Waals surface area contributed by atoms with Crippen molar-refractivity contribution >= 4 is 17.5 Å². The fourth-order valence-corrected chi connectivity index (χ4v) is 4.39. The molecular weight excluding hydrogens is 326 g/mol. The molecule has 0 bridgehead atoms. The number of benzene rings is 1. The second-order valence-corrected chi connectivity index (χ2v) is 7.98. The highest BCUT2D eigenvalue weighted by Gasteiger charge is 2.33. The quantitative estimate of drug-likeness (QED) is 0.843. The molecule has 0 radical (unpaired) electrons. The number of anilines is 1. The Morgan fingerprint density at radius 2 is 1.85 bits per heavy atom. The smallest absolute Gasteiger partial charge is 0.251 e. The molecule has 2 aliphatic rings. The summed E-state index contributed by atoms with van der Waals surface area (Å²) >= 11 is 0. The maximum absolute atomic E-state index is 12.7. The summed E-state index contributed by atoms with van der Waals surface area (Å²) in [5, 5.41) is 3.18. The number of nitrogens with zero attached hydrogens (tertiary/aromatic N) is 2. The highest BCUT2D eigenvalue weighted by atomic mass is 16.2. The van der Waals surface area contributed by atoms with Crippen LogP contribution >= 0.6 is 0 Å². The molecule has 0 unspecified atom stereocenters. The Morgan fingerprint density at radius 1 is 1.15 bits per heavy atom. The maximum atomic E-state index is 12.7. The van der Waals surface area contributed by atoms with Crippen LogP contribution in [0, 0.1) is 0 Å². The normalized spacial score (nSPS) is 19.2. The summed E-state index contributed by atoms with van der Waals surface area (Å²) in [4.78, 5) is 28.5. The highest BCUT2D eigenvalue weighted by Crippen LogP contribution is 2.31. The molecule has 0 saturated heterocycles. The fourth-order valence-electron chi connectivity index (χ4n) is 4.39. The number of fused-ring (bicyclic) bond motifs is 1. The lowest BCUT2D eigenvalue weighted by Gasteiger charge is -2.39. The molecule has 0 atom stereocenters. The molecule has 1 aromatic carbocycles. The molecule has 1 aliphatic heterocycles. The van der Waals surface area contributed by atoms with E-state index >= 15 is 0 Å². The minimum atomic E-state index is -0.0143. The maximum Gasteiger partial charge on any atom is 0.251 e. The minimum Gasteiger partial charge on any atom is -0.350 e. The van der Waals surface area contributed by atoms with Crippen molar-refractivity contribution in [1.82, 2.24) is 10.2 Å². The number of carbonyl (C=O) groups excluding carboxylic acids is 2. The number of rotatable bonds is 4. The van der Waals surface area contributed by atoms with Gasteiger partial charge in [0.2, 0.25) is 5.91 Å². The summed E-state index contributed by atoms with van der Waals surface area (Å²) in [5.41, 5.74) is 2.79. The Morgan fingerprint density at radius 3 is 2.46 bits per heavy atom. The van der Waals surface area contributed by atoms with Gasteiger partial charge in [0.15, 0.2) is 0 Å². The van der Waals surface area contributed by atoms with Gasteiger partial charge in [-0.2, -0.15) is 0 Å². The molecule has 142 valence electrons. The number of hydrogen-bond donors (Lipinski definition) is 1. The molecule has 1 aromatic rings. The Kier molecular flexibility index (Phi) is 5.66. The van der Waals surface area contributed by atoms with Crippen LogP contribution in [0.2, 0.25) is 0 Å². The molecule has 0 aromatic heterocycles. The van der Waals surface area contributed by atoms with Crippen molar-refractivity contribution in [1.29, 1.82) is 0 Å². The lowest BCUT2D eigenvalue weighted by molar-refractivity contribution is -0.116. The summed E-state index contributed by atoms with van der Waals surface area (Å²) in [6.07, 6.45) is 8.14. The van der Waals surface area contributed by atoms with Gasteiger partial charge in [0.1, 0.15) is 0 Å². The van der Waals surface area contributed by atoms with Crippen LogP contribution < -0.4 is 10.2 Å². The van der Waals surface area contributed by atoms with Gasteiger partial charge in [-0.1, -0.05) is 25.7 Å². The zero-order valence-corrected chi connectivity index (χ0v) is 16.3. The summed E-state index contributed by atoms with van der Waals surface area (Å²) in [6, 6.07) is 5.69. The lowest BCUT2D eigenvalue weighted by Crippen LogP contribution is -2.52. The second-order valence-electron chi connectivity index (χ2n) is 7.98. The second kappa shape index (κ2) is 7.78. The predicted molar refractivity (Wildman–Crippen MR) is 105 cm³/mol. The number of carbonyl (C=O) groups is 2. The van der Waals surface area contributed by atoms with E-state index in [4.69, 9.17) is 0 Å². The third-order valence-corrected chi connectivity index (χ3v) is 6.18. The van der Waals surface area contributed by atoms with Crippen LogP contribution in [0.25, 0.3) is 0 Å². The van der Waals surface area contributed by atoms with E-state index in [1.807, 2.05) is 18.2 Å². The van der Waals surface area contributed by atoms with Crippen molar-refractivity contribution in [3.63, 3.8) is 0 Å². The molecule has 1 fully saturated rings. The first-order valence-corrected chi connectivity index (χ1v) is 9.80. The largest absolute Gasteiger partial charge is 0.350 e. The molecule has 2 amide bonds. The van der Waals surface area contributed by atoms with E-state index in [1.165, 1.54) is 25.7 Å². The summed E-state index contributed by atoms with van der Waals surface area (Å²) in [7, 11) is 4.26. The average Bonchev–Trinajstić information content (AvgIpc) is 2.89. The van der Waals surface area contributed by atoms with Crippen LogP contribution in [0.15, 0.2) is 18.2 Å². The summed E-state index contributed by atoms with van der Waals surface area (Å²) in [5.74, 6) is 0.0433. The number of hydrogen-bond acceptors (Lipinski definition) is 3. The SMILES string of the molecule is CC(=O)N1CCc2cc(C(=O)NCC3(N(C)C)CCCCCC3)ccc21. The molecular formula is C21H31N3O2. The van der Waals surface area contributed by atoms with Crippen LogP contribution in [0.1, 0.15) is 61.4 Å². The Balaban J connectivity index is 1.69. The third kappa shape index (κ3) is 3.78. The summed E-state index contributed by atoms with van der Waals surface area (Å²) < 4.78 is 0. The average molecular weight is 357 g/mol. The van der Waals surface area contributed by atoms with Crippen LogP contribution in [0.3, 0.4) is 0 Å². The first kappa shape index (κ1) is 18.9. The van der Waals surface area contributed by atoms with E-state index in [-0.39, 0.29) is 17.4 Å². The van der Waals surface area contributed by atoms with Crippen LogP contribution in [0.4, 0.5) is 5.69 Å². The zero-order chi connectivity index (χ0) is 18.7. The minimum absolute atomic E-state index is 0.0143. The van der Waals surface area contributed by atoms with E-state index < -0.39 is 0 Å². The van der Waals surface area contributed by atoms with Gasteiger partial charge in [0, 0.05) is 36.8 Å². The van der Waals surface area contributed by atoms with E-state index in [0.29, 0.717) is 18.7 Å². The Hall–Kier alpha value is -1.88. The van der Waals surface area contributed by atoms with E-state index in [1.54, 1.807) is 11.8 Å². The predicted octanol–water partition coefficient (Wildman–Crippen LogP) is 2.98. The van der Waals surface area contributed by atoms with Gasteiger partial charge < -0.3 is 15.1 Å². The topological polar surface area (TPSA) is 52.7 Å². The molecule has 1 N–H and O–H groups in total. The van der Waals surface area contributed by atoms with E-state index in [9.17, 15) is 9.59 Å². The highest BCUT2D eigenvalue weighted by molar-refractivity contribution is 5.97. The number of likely N-dealkylation sites (N-methyl/N-ethyl adjacent to an activating group) is 1. The third-order valence-electron chi connectivity index (χ3n) is 6.18. The molecule has 1 aliphatic carbocycles. The van der Waals surface area contributed by atoms with E-state index in [0.717, 1.165) is 30.5 Å². The number of nitrogens with one attached hydrogen (secondary N) is 1.